The summed E-state index contributed by atoms with van der Waals surface area (Å²) in [5.74, 6) is -2.58. The summed E-state index contributed by atoms with van der Waals surface area (Å²) in [6.45, 7) is -0.345. The number of nitrogens with zero attached hydrogens (tertiary/aromatic N) is 1. The van der Waals surface area contributed by atoms with E-state index in [4.69, 9.17) is 11.6 Å². The summed E-state index contributed by atoms with van der Waals surface area (Å²) >= 11 is 6.56. The maximum atomic E-state index is 13.9. The molecule has 5 aromatic carbocycles. The average molecular weight is 813 g/mol. The minimum absolute atomic E-state index is 0.0113. The molecule has 0 spiro atoms. The van der Waals surface area contributed by atoms with Crippen molar-refractivity contribution in [1.29, 1.82) is 0 Å². The number of fused-ring (bicyclic) bond motifs is 1. The van der Waals surface area contributed by atoms with Crippen molar-refractivity contribution in [2.75, 3.05) is 6.54 Å². The number of carboxylic acid groups (broad SMARTS) is 1. The summed E-state index contributed by atoms with van der Waals surface area (Å²) in [5.41, 5.74) is 0.426. The average Bonchev–Trinajstić information content (AvgIpc) is 3.43. The fraction of sp³-hybridized carbons (Fsp3) is 0.214. The zero-order valence-electron chi connectivity index (χ0n) is 29.5. The fourth-order valence-corrected chi connectivity index (χ4v) is 8.51. The molecular weight excluding hydrogens is 778 g/mol. The van der Waals surface area contributed by atoms with E-state index in [1.165, 1.54) is 12.1 Å². The number of hydrogen-bond donors (Lipinski definition) is 2. The van der Waals surface area contributed by atoms with Crippen LogP contribution in [0.25, 0.3) is 10.9 Å². The van der Waals surface area contributed by atoms with Crippen LogP contribution in [0.2, 0.25) is 5.02 Å². The topological polar surface area (TPSA) is 88.4 Å². The lowest BCUT2D eigenvalue weighted by atomic mass is 9.97. The molecule has 6 aromatic rings. The molecule has 1 aromatic heterocycles. The van der Waals surface area contributed by atoms with E-state index in [1.54, 1.807) is 18.2 Å². The van der Waals surface area contributed by atoms with Gasteiger partial charge in [0.15, 0.2) is 0 Å². The third-order valence-corrected chi connectivity index (χ3v) is 11.1. The number of halogens is 7. The maximum Gasteiger partial charge on any atom is 0.416 e. The highest BCUT2D eigenvalue weighted by Crippen LogP contribution is 2.41. The van der Waals surface area contributed by atoms with Crippen molar-refractivity contribution in [3.05, 3.63) is 177 Å². The molecule has 2 N–H and O–H groups in total. The fourth-order valence-electron chi connectivity index (χ4n) is 7.14. The predicted octanol–water partition coefficient (Wildman–Crippen LogP) is 10.5. The van der Waals surface area contributed by atoms with Crippen LogP contribution in [-0.4, -0.2) is 30.6 Å². The number of aromatic nitrogens is 1. The van der Waals surface area contributed by atoms with Crippen LogP contribution in [0.4, 0.5) is 26.3 Å². The number of nitrogens with one attached hydrogen (secondary N) is 1. The third kappa shape index (κ3) is 9.29. The standard InChI is InChI=1S/C42H35ClF6N2O4S/c43-31-21-22-37-33(25-31)32(14-7-9-27-17-19-30(20-18-27)40(52)53)38(51(37)39(28-10-3-1-4-11-28)29-12-5-2-6-13-29)23-24-50-56(54,55)26-34-35(41(44,45)46)15-8-16-36(34)42(47,48)49/h1-6,8,10-13,15-22,25,39,50H,7,9,14,23-24,26H2,(H,52,53). The Labute approximate surface area is 324 Å². The molecule has 6 nitrogen and oxygen atoms in total. The molecular formula is C42H35ClF6N2O4S. The number of aryl methyl sites for hydroxylation is 2. The Morgan fingerprint density at radius 3 is 1.82 bits per heavy atom. The molecule has 56 heavy (non-hydrogen) atoms. The van der Waals surface area contributed by atoms with Crippen LogP contribution in [0, 0.1) is 0 Å². The van der Waals surface area contributed by atoms with Crippen LogP contribution >= 0.6 is 11.6 Å². The van der Waals surface area contributed by atoms with Gasteiger partial charge >= 0.3 is 18.3 Å². The van der Waals surface area contributed by atoms with Crippen LogP contribution in [0.3, 0.4) is 0 Å². The van der Waals surface area contributed by atoms with Crippen LogP contribution in [0.1, 0.15) is 67.5 Å². The molecule has 0 saturated heterocycles. The van der Waals surface area contributed by atoms with Gasteiger partial charge in [-0.1, -0.05) is 90.5 Å². The van der Waals surface area contributed by atoms with E-state index < -0.39 is 56.8 Å². The Morgan fingerprint density at radius 2 is 1.29 bits per heavy atom. The smallest absolute Gasteiger partial charge is 0.416 e. The molecule has 0 aliphatic carbocycles. The Morgan fingerprint density at radius 1 is 0.714 bits per heavy atom. The van der Waals surface area contributed by atoms with Gasteiger partial charge in [-0.05, 0) is 89.5 Å². The van der Waals surface area contributed by atoms with E-state index in [1.807, 2.05) is 72.8 Å². The SMILES string of the molecule is O=C(O)c1ccc(CCCc2c(CCNS(=O)(=O)Cc3c(C(F)(F)F)cccc3C(F)(F)F)n(C(c3ccccc3)c3ccccc3)c3ccc(Cl)cc23)cc1. The number of carboxylic acids is 1. The minimum atomic E-state index is -5.23. The van der Waals surface area contributed by atoms with Gasteiger partial charge in [0.25, 0.3) is 0 Å². The Balaban J connectivity index is 1.41. The van der Waals surface area contributed by atoms with E-state index in [9.17, 15) is 44.7 Å². The van der Waals surface area contributed by atoms with Gasteiger partial charge in [-0.25, -0.2) is 17.9 Å². The van der Waals surface area contributed by atoms with E-state index in [0.29, 0.717) is 48.2 Å². The number of alkyl halides is 6. The van der Waals surface area contributed by atoms with Crippen molar-refractivity contribution in [2.45, 2.75) is 49.8 Å². The monoisotopic (exact) mass is 812 g/mol. The van der Waals surface area contributed by atoms with E-state index in [0.717, 1.165) is 33.2 Å². The lowest BCUT2D eigenvalue weighted by molar-refractivity contribution is -0.144. The summed E-state index contributed by atoms with van der Waals surface area (Å²) in [7, 11) is -4.74. The van der Waals surface area contributed by atoms with Crippen molar-refractivity contribution >= 4 is 38.5 Å². The maximum absolute atomic E-state index is 13.9. The molecule has 0 atom stereocenters. The number of carbonyl (C=O) groups is 1. The van der Waals surface area contributed by atoms with Gasteiger partial charge in [0.1, 0.15) is 0 Å². The Bertz CT molecular complexity index is 2360. The second-order valence-electron chi connectivity index (χ2n) is 13.3. The van der Waals surface area contributed by atoms with Crippen LogP contribution in [0.15, 0.2) is 121 Å². The van der Waals surface area contributed by atoms with Crippen LogP contribution in [0.5, 0.6) is 0 Å². The first-order valence-electron chi connectivity index (χ1n) is 17.5. The summed E-state index contributed by atoms with van der Waals surface area (Å²) in [6, 6.07) is 32.2. The number of aromatic carboxylic acids is 1. The zero-order chi connectivity index (χ0) is 40.3. The van der Waals surface area contributed by atoms with Crippen LogP contribution < -0.4 is 4.72 Å². The predicted molar refractivity (Wildman–Crippen MR) is 203 cm³/mol. The molecule has 6 rings (SSSR count). The minimum Gasteiger partial charge on any atom is -0.478 e. The van der Waals surface area contributed by atoms with Crippen molar-refractivity contribution in [3.63, 3.8) is 0 Å². The van der Waals surface area contributed by atoms with Crippen LogP contribution in [-0.2, 0) is 47.4 Å². The summed E-state index contributed by atoms with van der Waals surface area (Å²) in [4.78, 5) is 11.4. The first-order valence-corrected chi connectivity index (χ1v) is 19.5. The molecule has 0 bridgehead atoms. The molecule has 0 amide bonds. The Hall–Kier alpha value is -5.11. The molecule has 292 valence electrons. The van der Waals surface area contributed by atoms with E-state index in [-0.39, 0.29) is 18.5 Å². The van der Waals surface area contributed by atoms with Gasteiger partial charge < -0.3 is 9.67 Å². The number of rotatable bonds is 14. The summed E-state index contributed by atoms with van der Waals surface area (Å²) < 4.78 is 114. The molecule has 0 aliphatic heterocycles. The number of hydrogen-bond acceptors (Lipinski definition) is 3. The summed E-state index contributed by atoms with van der Waals surface area (Å²) in [5, 5.41) is 10.5. The van der Waals surface area contributed by atoms with Gasteiger partial charge in [0.05, 0.1) is 28.5 Å². The highest BCUT2D eigenvalue weighted by Gasteiger charge is 2.41. The first kappa shape index (κ1) is 40.6. The van der Waals surface area contributed by atoms with E-state index in [2.05, 4.69) is 9.29 Å². The van der Waals surface area contributed by atoms with Gasteiger partial charge in [-0.2, -0.15) is 26.3 Å². The summed E-state index contributed by atoms with van der Waals surface area (Å²) in [6.07, 6.45) is -8.82. The van der Waals surface area contributed by atoms with Crippen molar-refractivity contribution < 1.29 is 44.7 Å². The highest BCUT2D eigenvalue weighted by atomic mass is 35.5. The van der Waals surface area contributed by atoms with Gasteiger partial charge in [0, 0.05) is 34.6 Å². The largest absolute Gasteiger partial charge is 0.478 e. The second kappa shape index (κ2) is 16.5. The molecule has 0 radical (unpaired) electrons. The molecule has 0 unspecified atom stereocenters. The van der Waals surface area contributed by atoms with Crippen molar-refractivity contribution in [2.24, 2.45) is 0 Å². The second-order valence-corrected chi connectivity index (χ2v) is 15.5. The third-order valence-electron chi connectivity index (χ3n) is 9.57. The molecule has 0 fully saturated rings. The van der Waals surface area contributed by atoms with Crippen molar-refractivity contribution in [1.82, 2.24) is 9.29 Å². The molecule has 0 saturated carbocycles. The lowest BCUT2D eigenvalue weighted by Crippen LogP contribution is -2.30. The van der Waals surface area contributed by atoms with Gasteiger partial charge in [0.2, 0.25) is 10.0 Å². The Kier molecular flexibility index (Phi) is 12.0. The molecule has 1 heterocycles. The van der Waals surface area contributed by atoms with E-state index >= 15 is 0 Å². The van der Waals surface area contributed by atoms with Crippen molar-refractivity contribution in [3.8, 4) is 0 Å². The number of benzene rings is 5. The molecule has 14 heteroatoms. The molecule has 0 aliphatic rings. The first-order chi connectivity index (χ1) is 26.5. The zero-order valence-corrected chi connectivity index (χ0v) is 31.1. The number of sulfonamides is 1. The quantitative estimate of drug-likeness (QED) is 0.107. The normalized spacial score (nSPS) is 12.4. The van der Waals surface area contributed by atoms with Gasteiger partial charge in [-0.15, -0.1) is 0 Å². The highest BCUT2D eigenvalue weighted by molar-refractivity contribution is 7.88. The van der Waals surface area contributed by atoms with Gasteiger partial charge in [-0.3, -0.25) is 0 Å². The lowest BCUT2D eigenvalue weighted by Gasteiger charge is -2.25.